The van der Waals surface area contributed by atoms with Crippen molar-refractivity contribution in [2.45, 2.75) is 33.1 Å². The molecule has 0 aliphatic rings. The zero-order valence-electron chi connectivity index (χ0n) is 16.0. The highest BCUT2D eigenvalue weighted by atomic mass is 16.5. The minimum Gasteiger partial charge on any atom is -0.489 e. The molecule has 1 amide bonds. The number of ether oxygens (including phenoxy) is 2. The van der Waals surface area contributed by atoms with Gasteiger partial charge in [0, 0.05) is 36.8 Å². The van der Waals surface area contributed by atoms with E-state index < -0.39 is 0 Å². The molecule has 0 aliphatic heterocycles. The van der Waals surface area contributed by atoms with Gasteiger partial charge in [-0.25, -0.2) is 4.98 Å². The molecule has 0 saturated carbocycles. The molecule has 0 radical (unpaired) electrons. The number of nitrogens with zero attached hydrogens (tertiary/aromatic N) is 2. The van der Waals surface area contributed by atoms with E-state index in [4.69, 9.17) is 9.47 Å². The molecule has 2 aromatic heterocycles. The second kappa shape index (κ2) is 9.50. The van der Waals surface area contributed by atoms with E-state index >= 15 is 0 Å². The first-order valence-corrected chi connectivity index (χ1v) is 9.12. The fourth-order valence-electron chi connectivity index (χ4n) is 2.46. The van der Waals surface area contributed by atoms with Crippen molar-refractivity contribution in [1.82, 2.24) is 15.3 Å². The maximum absolute atomic E-state index is 12.3. The van der Waals surface area contributed by atoms with Crippen LogP contribution in [0.1, 0.15) is 35.3 Å². The Balaban J connectivity index is 1.48. The molecular formula is C22H23N3O3. The Labute approximate surface area is 164 Å². The molecule has 0 atom stereocenters. The molecule has 0 saturated heterocycles. The van der Waals surface area contributed by atoms with Gasteiger partial charge >= 0.3 is 0 Å². The van der Waals surface area contributed by atoms with Crippen LogP contribution in [-0.2, 0) is 13.2 Å². The van der Waals surface area contributed by atoms with Gasteiger partial charge in [0.15, 0.2) is 0 Å². The molecule has 6 heteroatoms. The summed E-state index contributed by atoms with van der Waals surface area (Å²) in [6.07, 6.45) is 5.07. The minimum absolute atomic E-state index is 0.0449. The summed E-state index contributed by atoms with van der Waals surface area (Å²) in [5.41, 5.74) is 2.49. The summed E-state index contributed by atoms with van der Waals surface area (Å²) >= 11 is 0. The fourth-order valence-corrected chi connectivity index (χ4v) is 2.46. The largest absolute Gasteiger partial charge is 0.489 e. The number of carbonyl (C=O) groups excluding carboxylic acids is 1. The first-order valence-electron chi connectivity index (χ1n) is 9.12. The lowest BCUT2D eigenvalue weighted by Gasteiger charge is -2.10. The lowest BCUT2D eigenvalue weighted by Crippen LogP contribution is -2.23. The number of aromatic nitrogens is 2. The molecule has 28 heavy (non-hydrogen) atoms. The molecule has 6 nitrogen and oxygen atoms in total. The maximum Gasteiger partial charge on any atom is 0.253 e. The summed E-state index contributed by atoms with van der Waals surface area (Å²) in [7, 11) is 0. The van der Waals surface area contributed by atoms with Crippen molar-refractivity contribution < 1.29 is 14.3 Å². The lowest BCUT2D eigenvalue weighted by atomic mass is 10.2. The monoisotopic (exact) mass is 377 g/mol. The first-order chi connectivity index (χ1) is 13.6. The van der Waals surface area contributed by atoms with E-state index in [1.165, 1.54) is 6.20 Å². The highest BCUT2D eigenvalue weighted by Gasteiger charge is 2.07. The van der Waals surface area contributed by atoms with Crippen LogP contribution in [0.4, 0.5) is 0 Å². The zero-order chi connectivity index (χ0) is 19.8. The van der Waals surface area contributed by atoms with Crippen molar-refractivity contribution in [3.05, 3.63) is 83.8 Å². The van der Waals surface area contributed by atoms with Gasteiger partial charge in [0.1, 0.15) is 12.4 Å². The van der Waals surface area contributed by atoms with E-state index in [0.29, 0.717) is 24.6 Å². The Hall–Kier alpha value is -3.41. The topological polar surface area (TPSA) is 73.3 Å². The number of hydrogen-bond donors (Lipinski definition) is 1. The van der Waals surface area contributed by atoms with Crippen molar-refractivity contribution in [2.75, 3.05) is 0 Å². The summed E-state index contributed by atoms with van der Waals surface area (Å²) in [5, 5.41) is 2.88. The molecule has 3 rings (SSSR count). The van der Waals surface area contributed by atoms with Crippen LogP contribution in [0.2, 0.25) is 0 Å². The van der Waals surface area contributed by atoms with E-state index in [-0.39, 0.29) is 12.0 Å². The third-order valence-corrected chi connectivity index (χ3v) is 3.86. The van der Waals surface area contributed by atoms with Crippen LogP contribution in [0.15, 0.2) is 67.1 Å². The van der Waals surface area contributed by atoms with Gasteiger partial charge in [-0.15, -0.1) is 0 Å². The van der Waals surface area contributed by atoms with Gasteiger partial charge in [0.25, 0.3) is 5.91 Å². The van der Waals surface area contributed by atoms with Crippen molar-refractivity contribution in [3.63, 3.8) is 0 Å². The minimum atomic E-state index is -0.180. The van der Waals surface area contributed by atoms with E-state index in [1.807, 2.05) is 50.2 Å². The van der Waals surface area contributed by atoms with E-state index in [9.17, 15) is 4.79 Å². The highest BCUT2D eigenvalue weighted by Crippen LogP contribution is 2.14. The van der Waals surface area contributed by atoms with Gasteiger partial charge in [-0.3, -0.25) is 9.78 Å². The van der Waals surface area contributed by atoms with Crippen LogP contribution in [0.25, 0.3) is 0 Å². The Morgan fingerprint density at radius 3 is 2.50 bits per heavy atom. The molecule has 1 N–H and O–H groups in total. The quantitative estimate of drug-likeness (QED) is 0.647. The van der Waals surface area contributed by atoms with Gasteiger partial charge in [0.2, 0.25) is 5.88 Å². The Kier molecular flexibility index (Phi) is 6.57. The third kappa shape index (κ3) is 5.81. The Bertz CT molecular complexity index is 879. The second-order valence-corrected chi connectivity index (χ2v) is 6.53. The van der Waals surface area contributed by atoms with Crippen LogP contribution < -0.4 is 14.8 Å². The molecule has 2 heterocycles. The molecule has 1 aromatic carbocycles. The molecule has 3 aromatic rings. The smallest absolute Gasteiger partial charge is 0.253 e. The van der Waals surface area contributed by atoms with Crippen LogP contribution in [0, 0.1) is 0 Å². The van der Waals surface area contributed by atoms with Crippen LogP contribution in [0.5, 0.6) is 11.6 Å². The predicted molar refractivity (Wildman–Crippen MR) is 106 cm³/mol. The number of rotatable bonds is 8. The van der Waals surface area contributed by atoms with Gasteiger partial charge < -0.3 is 14.8 Å². The van der Waals surface area contributed by atoms with Crippen LogP contribution in [0.3, 0.4) is 0 Å². The zero-order valence-corrected chi connectivity index (χ0v) is 16.0. The van der Waals surface area contributed by atoms with Gasteiger partial charge in [0.05, 0.1) is 11.7 Å². The molecule has 0 unspecified atom stereocenters. The summed E-state index contributed by atoms with van der Waals surface area (Å²) < 4.78 is 11.2. The molecule has 0 aliphatic carbocycles. The number of nitrogens with one attached hydrogen (secondary N) is 1. The number of carbonyl (C=O) groups is 1. The fraction of sp³-hybridized carbons (Fsp3) is 0.227. The van der Waals surface area contributed by atoms with Crippen molar-refractivity contribution in [2.24, 2.45) is 0 Å². The summed E-state index contributed by atoms with van der Waals surface area (Å²) in [6, 6.07) is 14.9. The van der Waals surface area contributed by atoms with Gasteiger partial charge in [-0.1, -0.05) is 18.2 Å². The normalized spacial score (nSPS) is 10.5. The Morgan fingerprint density at radius 1 is 1.04 bits per heavy atom. The average Bonchev–Trinajstić information content (AvgIpc) is 2.72. The molecule has 0 fully saturated rings. The van der Waals surface area contributed by atoms with Crippen molar-refractivity contribution in [3.8, 4) is 11.6 Å². The number of hydrogen-bond acceptors (Lipinski definition) is 5. The maximum atomic E-state index is 12.3. The number of amides is 1. The number of pyridine rings is 2. The van der Waals surface area contributed by atoms with E-state index in [1.54, 1.807) is 24.5 Å². The summed E-state index contributed by atoms with van der Waals surface area (Å²) in [4.78, 5) is 20.5. The van der Waals surface area contributed by atoms with Gasteiger partial charge in [-0.2, -0.15) is 0 Å². The number of benzene rings is 1. The first kappa shape index (κ1) is 19.4. The summed E-state index contributed by atoms with van der Waals surface area (Å²) in [6.45, 7) is 4.74. The molecular weight excluding hydrogens is 354 g/mol. The molecule has 144 valence electrons. The van der Waals surface area contributed by atoms with Gasteiger partial charge in [-0.05, 0) is 43.7 Å². The third-order valence-electron chi connectivity index (χ3n) is 3.86. The standard InChI is InChI=1S/C22H23N3O3/c1-16(2)28-21-10-7-19(14-24-21)22(26)25-13-17-5-8-20(9-6-17)27-15-18-4-3-11-23-12-18/h3-12,14,16H,13,15H2,1-2H3,(H,25,26). The lowest BCUT2D eigenvalue weighted by molar-refractivity contribution is 0.0950. The highest BCUT2D eigenvalue weighted by molar-refractivity contribution is 5.93. The predicted octanol–water partition coefficient (Wildman–Crippen LogP) is 3.77. The van der Waals surface area contributed by atoms with Crippen molar-refractivity contribution >= 4 is 5.91 Å². The second-order valence-electron chi connectivity index (χ2n) is 6.53. The van der Waals surface area contributed by atoms with E-state index in [2.05, 4.69) is 15.3 Å². The molecule has 0 spiro atoms. The van der Waals surface area contributed by atoms with Crippen LogP contribution in [-0.4, -0.2) is 22.0 Å². The van der Waals surface area contributed by atoms with E-state index in [0.717, 1.165) is 16.9 Å². The SMILES string of the molecule is CC(C)Oc1ccc(C(=O)NCc2ccc(OCc3cccnc3)cc2)cn1. The summed E-state index contributed by atoms with van der Waals surface area (Å²) in [5.74, 6) is 1.10. The Morgan fingerprint density at radius 2 is 1.86 bits per heavy atom. The van der Waals surface area contributed by atoms with Crippen molar-refractivity contribution in [1.29, 1.82) is 0 Å². The molecule has 0 bridgehead atoms. The average molecular weight is 377 g/mol. The van der Waals surface area contributed by atoms with Crippen LogP contribution >= 0.6 is 0 Å².